The molecule has 3 aromatic carbocycles. The van der Waals surface area contributed by atoms with Crippen LogP contribution in [0.5, 0.6) is 5.75 Å². The summed E-state index contributed by atoms with van der Waals surface area (Å²) >= 11 is 0. The van der Waals surface area contributed by atoms with Crippen LogP contribution in [-0.2, 0) is 25.5 Å². The van der Waals surface area contributed by atoms with E-state index in [2.05, 4.69) is 5.32 Å². The SMILES string of the molecule is O=C(COC(=O)COc1ccccc1Cc1ccccc1)Nc1cccc(N2CCCC2=O)c1. The predicted octanol–water partition coefficient (Wildman–Crippen LogP) is 3.96. The Labute approximate surface area is 198 Å². The summed E-state index contributed by atoms with van der Waals surface area (Å²) in [5.41, 5.74) is 3.36. The van der Waals surface area contributed by atoms with E-state index in [9.17, 15) is 14.4 Å². The van der Waals surface area contributed by atoms with Gasteiger partial charge in [-0.2, -0.15) is 0 Å². The molecule has 1 aliphatic rings. The second-order valence-electron chi connectivity index (χ2n) is 7.97. The zero-order valence-corrected chi connectivity index (χ0v) is 18.7. The highest BCUT2D eigenvalue weighted by molar-refractivity contribution is 5.97. The Kier molecular flexibility index (Phi) is 7.55. The fraction of sp³-hybridized carbons (Fsp3) is 0.222. The molecule has 1 saturated heterocycles. The van der Waals surface area contributed by atoms with Crippen molar-refractivity contribution in [2.24, 2.45) is 0 Å². The molecule has 1 heterocycles. The van der Waals surface area contributed by atoms with E-state index in [1.165, 1.54) is 0 Å². The molecule has 174 valence electrons. The van der Waals surface area contributed by atoms with E-state index in [-0.39, 0.29) is 12.5 Å². The lowest BCUT2D eigenvalue weighted by Gasteiger charge is -2.16. The van der Waals surface area contributed by atoms with Gasteiger partial charge >= 0.3 is 5.97 Å². The predicted molar refractivity (Wildman–Crippen MR) is 129 cm³/mol. The van der Waals surface area contributed by atoms with Crippen LogP contribution < -0.4 is 15.0 Å². The molecule has 1 aliphatic heterocycles. The van der Waals surface area contributed by atoms with E-state index in [1.807, 2.05) is 54.6 Å². The van der Waals surface area contributed by atoms with Gasteiger partial charge in [0.1, 0.15) is 5.75 Å². The zero-order valence-electron chi connectivity index (χ0n) is 18.7. The fourth-order valence-electron chi connectivity index (χ4n) is 3.80. The van der Waals surface area contributed by atoms with Gasteiger partial charge in [-0.3, -0.25) is 9.59 Å². The first-order valence-corrected chi connectivity index (χ1v) is 11.2. The molecule has 1 N–H and O–H groups in total. The van der Waals surface area contributed by atoms with Crippen LogP contribution in [0.25, 0.3) is 0 Å². The lowest BCUT2D eigenvalue weighted by Crippen LogP contribution is -2.25. The molecular weight excluding hydrogens is 432 g/mol. The lowest BCUT2D eigenvalue weighted by molar-refractivity contribution is -0.149. The van der Waals surface area contributed by atoms with Crippen LogP contribution in [0.2, 0.25) is 0 Å². The van der Waals surface area contributed by atoms with Gasteiger partial charge in [0.15, 0.2) is 13.2 Å². The van der Waals surface area contributed by atoms with Gasteiger partial charge in [0.2, 0.25) is 5.91 Å². The topological polar surface area (TPSA) is 84.9 Å². The molecule has 1 fully saturated rings. The molecule has 2 amide bonds. The maximum Gasteiger partial charge on any atom is 0.344 e. The summed E-state index contributed by atoms with van der Waals surface area (Å²) in [6, 6.07) is 24.5. The number of carbonyl (C=O) groups excluding carboxylic acids is 3. The first-order chi connectivity index (χ1) is 16.6. The Bertz CT molecular complexity index is 1160. The lowest BCUT2D eigenvalue weighted by atomic mass is 10.0. The molecule has 3 aromatic rings. The van der Waals surface area contributed by atoms with Crippen LogP contribution in [0.3, 0.4) is 0 Å². The van der Waals surface area contributed by atoms with Crippen molar-refractivity contribution in [1.29, 1.82) is 0 Å². The third-order valence-corrected chi connectivity index (χ3v) is 5.43. The maximum absolute atomic E-state index is 12.2. The van der Waals surface area contributed by atoms with Crippen molar-refractivity contribution in [1.82, 2.24) is 0 Å². The number of nitrogens with zero attached hydrogens (tertiary/aromatic N) is 1. The summed E-state index contributed by atoms with van der Waals surface area (Å²) in [4.78, 5) is 38.0. The van der Waals surface area contributed by atoms with Crippen molar-refractivity contribution in [2.75, 3.05) is 30.0 Å². The summed E-state index contributed by atoms with van der Waals surface area (Å²) in [5.74, 6) is -0.437. The Morgan fingerprint density at radius 1 is 0.912 bits per heavy atom. The molecule has 0 saturated carbocycles. The zero-order chi connectivity index (χ0) is 23.8. The molecule has 0 spiro atoms. The number of amides is 2. The second-order valence-corrected chi connectivity index (χ2v) is 7.97. The third-order valence-electron chi connectivity index (χ3n) is 5.43. The monoisotopic (exact) mass is 458 g/mol. The number of carbonyl (C=O) groups is 3. The molecule has 7 heteroatoms. The molecule has 0 bridgehead atoms. The van der Waals surface area contributed by atoms with E-state index in [0.717, 1.165) is 23.2 Å². The molecule has 0 unspecified atom stereocenters. The van der Waals surface area contributed by atoms with E-state index in [1.54, 1.807) is 29.2 Å². The first kappa shape index (κ1) is 23.0. The number of rotatable bonds is 9. The number of hydrogen-bond donors (Lipinski definition) is 1. The van der Waals surface area contributed by atoms with Crippen LogP contribution in [0.1, 0.15) is 24.0 Å². The van der Waals surface area contributed by atoms with Gasteiger partial charge in [-0.15, -0.1) is 0 Å². The van der Waals surface area contributed by atoms with Gasteiger partial charge in [0.05, 0.1) is 0 Å². The number of ether oxygens (including phenoxy) is 2. The van der Waals surface area contributed by atoms with Crippen LogP contribution in [0, 0.1) is 0 Å². The first-order valence-electron chi connectivity index (χ1n) is 11.2. The second kappa shape index (κ2) is 11.1. The Balaban J connectivity index is 1.25. The van der Waals surface area contributed by atoms with Crippen LogP contribution in [-0.4, -0.2) is 37.5 Å². The average Bonchev–Trinajstić information content (AvgIpc) is 3.29. The number of nitrogens with one attached hydrogen (secondary N) is 1. The minimum atomic E-state index is -0.638. The summed E-state index contributed by atoms with van der Waals surface area (Å²) < 4.78 is 10.7. The minimum absolute atomic E-state index is 0.0720. The van der Waals surface area contributed by atoms with E-state index >= 15 is 0 Å². The van der Waals surface area contributed by atoms with Crippen molar-refractivity contribution in [2.45, 2.75) is 19.3 Å². The number of hydrogen-bond acceptors (Lipinski definition) is 5. The largest absolute Gasteiger partial charge is 0.482 e. The van der Waals surface area contributed by atoms with Gasteiger partial charge in [0.25, 0.3) is 5.91 Å². The summed E-state index contributed by atoms with van der Waals surface area (Å²) in [6.45, 7) is -0.0608. The smallest absolute Gasteiger partial charge is 0.344 e. The van der Waals surface area contributed by atoms with Crippen LogP contribution in [0.4, 0.5) is 11.4 Å². The van der Waals surface area contributed by atoms with Gasteiger partial charge < -0.3 is 19.7 Å². The Hall–Kier alpha value is -4.13. The number of para-hydroxylation sites is 1. The molecule has 0 radical (unpaired) electrons. The quantitative estimate of drug-likeness (QED) is 0.491. The van der Waals surface area contributed by atoms with Crippen molar-refractivity contribution >= 4 is 29.2 Å². The van der Waals surface area contributed by atoms with Gasteiger partial charge in [-0.05, 0) is 41.8 Å². The molecule has 0 atom stereocenters. The standard InChI is InChI=1S/C27H26N2O5/c30-25(28-22-11-6-12-23(17-22)29-15-7-14-26(29)31)18-34-27(32)19-33-24-13-5-4-10-21(24)16-20-8-2-1-3-9-20/h1-6,8-13,17H,7,14-16,18-19H2,(H,28,30). The minimum Gasteiger partial charge on any atom is -0.482 e. The average molecular weight is 459 g/mol. The highest BCUT2D eigenvalue weighted by Crippen LogP contribution is 2.24. The summed E-state index contributed by atoms with van der Waals surface area (Å²) in [5, 5.41) is 2.69. The van der Waals surface area contributed by atoms with Crippen molar-refractivity contribution in [3.05, 3.63) is 90.0 Å². The van der Waals surface area contributed by atoms with E-state index in [4.69, 9.17) is 9.47 Å². The van der Waals surface area contributed by atoms with E-state index < -0.39 is 18.5 Å². The molecular formula is C27H26N2O5. The van der Waals surface area contributed by atoms with Gasteiger partial charge in [-0.25, -0.2) is 4.79 Å². The summed E-state index contributed by atoms with van der Waals surface area (Å²) in [7, 11) is 0. The maximum atomic E-state index is 12.2. The highest BCUT2D eigenvalue weighted by Gasteiger charge is 2.21. The van der Waals surface area contributed by atoms with Gasteiger partial charge in [0, 0.05) is 30.8 Å². The summed E-state index contributed by atoms with van der Waals surface area (Å²) in [6.07, 6.45) is 2.03. The number of anilines is 2. The fourth-order valence-corrected chi connectivity index (χ4v) is 3.80. The van der Waals surface area contributed by atoms with Crippen molar-refractivity contribution < 1.29 is 23.9 Å². The Morgan fingerprint density at radius 2 is 1.71 bits per heavy atom. The van der Waals surface area contributed by atoms with Crippen molar-refractivity contribution in [3.8, 4) is 5.75 Å². The van der Waals surface area contributed by atoms with Crippen LogP contribution in [0.15, 0.2) is 78.9 Å². The molecule has 7 nitrogen and oxygen atoms in total. The van der Waals surface area contributed by atoms with Gasteiger partial charge in [-0.1, -0.05) is 54.6 Å². The normalized spacial score (nSPS) is 12.9. The van der Waals surface area contributed by atoms with Crippen LogP contribution >= 0.6 is 0 Å². The molecule has 4 rings (SSSR count). The number of esters is 1. The molecule has 0 aliphatic carbocycles. The molecule has 34 heavy (non-hydrogen) atoms. The Morgan fingerprint density at radius 3 is 2.50 bits per heavy atom. The number of benzene rings is 3. The highest BCUT2D eigenvalue weighted by atomic mass is 16.6. The van der Waals surface area contributed by atoms with Crippen molar-refractivity contribution in [3.63, 3.8) is 0 Å². The van der Waals surface area contributed by atoms with E-state index in [0.29, 0.717) is 30.8 Å². The molecule has 0 aromatic heterocycles. The third kappa shape index (κ3) is 6.22.